The first-order valence-corrected chi connectivity index (χ1v) is 5.61. The van der Waals surface area contributed by atoms with Gasteiger partial charge in [-0.3, -0.25) is 0 Å². The van der Waals surface area contributed by atoms with Gasteiger partial charge in [0, 0.05) is 11.3 Å². The molecule has 2 rings (SSSR count). The number of nitrogens with zero attached hydrogens (tertiary/aromatic N) is 1. The number of hydrogen-bond acceptors (Lipinski definition) is 3. The topological polar surface area (TPSA) is 38.9 Å². The minimum Gasteiger partial charge on any atom is -0.321 e. The average Bonchev–Trinajstić information content (AvgIpc) is 2.57. The molecule has 0 bridgehead atoms. The van der Waals surface area contributed by atoms with Crippen molar-refractivity contribution in [2.45, 2.75) is 38.6 Å². The Morgan fingerprint density at radius 1 is 1.62 bits per heavy atom. The van der Waals surface area contributed by atoms with Crippen LogP contribution < -0.4 is 5.73 Å². The molecule has 2 nitrogen and oxygen atoms in total. The Labute approximate surface area is 83.2 Å². The lowest BCUT2D eigenvalue weighted by Gasteiger charge is -2.14. The van der Waals surface area contributed by atoms with Gasteiger partial charge in [-0.1, -0.05) is 6.92 Å². The summed E-state index contributed by atoms with van der Waals surface area (Å²) in [5.41, 5.74) is 6.72. The Morgan fingerprint density at radius 3 is 2.62 bits per heavy atom. The number of rotatable bonds is 2. The van der Waals surface area contributed by atoms with Crippen molar-refractivity contribution in [1.82, 2.24) is 4.98 Å². The van der Waals surface area contributed by atoms with Crippen LogP contribution in [0.5, 0.6) is 0 Å². The molecule has 0 saturated heterocycles. The largest absolute Gasteiger partial charge is 0.321 e. The predicted octanol–water partition coefficient (Wildman–Crippen LogP) is 2.46. The van der Waals surface area contributed by atoms with Crippen LogP contribution in [-0.2, 0) is 5.54 Å². The molecule has 2 N–H and O–H groups in total. The van der Waals surface area contributed by atoms with Gasteiger partial charge in [0.1, 0.15) is 0 Å². The average molecular weight is 196 g/mol. The van der Waals surface area contributed by atoms with Crippen molar-refractivity contribution in [2.75, 3.05) is 0 Å². The molecule has 1 aromatic rings. The van der Waals surface area contributed by atoms with Crippen LogP contribution in [0.3, 0.4) is 0 Å². The first-order chi connectivity index (χ1) is 5.98. The fourth-order valence-electron chi connectivity index (χ4n) is 1.42. The van der Waals surface area contributed by atoms with E-state index in [1.165, 1.54) is 11.4 Å². The Hall–Kier alpha value is -0.410. The molecular formula is C10H16N2S. The second-order valence-electron chi connectivity index (χ2n) is 4.61. The van der Waals surface area contributed by atoms with Crippen molar-refractivity contribution >= 4 is 11.3 Å². The summed E-state index contributed by atoms with van der Waals surface area (Å²) in [6, 6.07) is 0. The molecule has 72 valence electrons. The third-order valence-corrected chi connectivity index (χ3v) is 3.59. The lowest BCUT2D eigenvalue weighted by molar-refractivity contribution is 0.537. The summed E-state index contributed by atoms with van der Waals surface area (Å²) in [5.74, 6) is 1.56. The van der Waals surface area contributed by atoms with E-state index >= 15 is 0 Å². The molecule has 1 aliphatic carbocycles. The van der Waals surface area contributed by atoms with Crippen molar-refractivity contribution < 1.29 is 0 Å². The zero-order chi connectivity index (χ0) is 9.64. The van der Waals surface area contributed by atoms with Crippen molar-refractivity contribution in [1.29, 1.82) is 0 Å². The van der Waals surface area contributed by atoms with Gasteiger partial charge in [-0.2, -0.15) is 0 Å². The van der Waals surface area contributed by atoms with Gasteiger partial charge >= 0.3 is 0 Å². The van der Waals surface area contributed by atoms with E-state index in [1.807, 2.05) is 13.8 Å². The Balaban J connectivity index is 2.19. The maximum Gasteiger partial charge on any atom is 0.0962 e. The highest BCUT2D eigenvalue weighted by atomic mass is 32.1. The molecule has 0 aromatic carbocycles. The first-order valence-electron chi connectivity index (χ1n) is 4.73. The maximum absolute atomic E-state index is 5.97. The summed E-state index contributed by atoms with van der Waals surface area (Å²) in [6.07, 6.45) is 1.30. The second-order valence-corrected chi connectivity index (χ2v) is 5.50. The van der Waals surface area contributed by atoms with E-state index in [9.17, 15) is 0 Å². The second kappa shape index (κ2) is 2.79. The molecule has 1 aromatic heterocycles. The van der Waals surface area contributed by atoms with Crippen LogP contribution in [0.1, 0.15) is 43.8 Å². The van der Waals surface area contributed by atoms with Crippen molar-refractivity contribution in [3.63, 3.8) is 0 Å². The van der Waals surface area contributed by atoms with Gasteiger partial charge in [0.05, 0.1) is 16.2 Å². The Morgan fingerprint density at radius 2 is 2.23 bits per heavy atom. The number of aromatic nitrogens is 1. The van der Waals surface area contributed by atoms with Crippen LogP contribution in [0.4, 0.5) is 0 Å². The minimum absolute atomic E-state index is 0.285. The molecule has 1 fully saturated rings. The standard InChI is InChI=1S/C10H16N2S/c1-6-4-7(6)9-12-8(5-13-9)10(2,3)11/h5-7H,4,11H2,1-3H3. The quantitative estimate of drug-likeness (QED) is 0.789. The van der Waals surface area contributed by atoms with Crippen LogP contribution in [0, 0.1) is 5.92 Å². The van der Waals surface area contributed by atoms with Crippen LogP contribution in [0.2, 0.25) is 0 Å². The highest BCUT2D eigenvalue weighted by Gasteiger charge is 2.37. The summed E-state index contributed by atoms with van der Waals surface area (Å²) >= 11 is 1.76. The highest BCUT2D eigenvalue weighted by Crippen LogP contribution is 2.48. The predicted molar refractivity (Wildman–Crippen MR) is 55.8 cm³/mol. The normalized spacial score (nSPS) is 27.7. The summed E-state index contributed by atoms with van der Waals surface area (Å²) in [5, 5.41) is 3.38. The maximum atomic E-state index is 5.97. The molecule has 13 heavy (non-hydrogen) atoms. The van der Waals surface area contributed by atoms with E-state index in [0.29, 0.717) is 0 Å². The van der Waals surface area contributed by atoms with Gasteiger partial charge < -0.3 is 5.73 Å². The van der Waals surface area contributed by atoms with E-state index in [0.717, 1.165) is 17.5 Å². The van der Waals surface area contributed by atoms with E-state index in [4.69, 9.17) is 5.73 Å². The molecule has 1 saturated carbocycles. The zero-order valence-corrected chi connectivity index (χ0v) is 9.19. The molecule has 2 atom stereocenters. The van der Waals surface area contributed by atoms with E-state index in [2.05, 4.69) is 17.3 Å². The van der Waals surface area contributed by atoms with Crippen LogP contribution in [-0.4, -0.2) is 4.98 Å². The van der Waals surface area contributed by atoms with Crippen LogP contribution in [0.25, 0.3) is 0 Å². The van der Waals surface area contributed by atoms with E-state index in [1.54, 1.807) is 11.3 Å². The lowest BCUT2D eigenvalue weighted by atomic mass is 10.0. The highest BCUT2D eigenvalue weighted by molar-refractivity contribution is 7.09. The lowest BCUT2D eigenvalue weighted by Crippen LogP contribution is -2.29. The third-order valence-electron chi connectivity index (χ3n) is 2.61. The number of hydrogen-bond donors (Lipinski definition) is 1. The molecule has 2 unspecified atom stereocenters. The molecule has 0 aliphatic heterocycles. The van der Waals surface area contributed by atoms with Gasteiger partial charge in [-0.15, -0.1) is 11.3 Å². The molecule has 0 spiro atoms. The van der Waals surface area contributed by atoms with Gasteiger partial charge in [-0.25, -0.2) is 4.98 Å². The molecular weight excluding hydrogens is 180 g/mol. The minimum atomic E-state index is -0.285. The van der Waals surface area contributed by atoms with Crippen LogP contribution in [0.15, 0.2) is 5.38 Å². The summed E-state index contributed by atoms with van der Waals surface area (Å²) in [4.78, 5) is 4.59. The van der Waals surface area contributed by atoms with Crippen molar-refractivity contribution in [3.05, 3.63) is 16.1 Å². The number of nitrogens with two attached hydrogens (primary N) is 1. The van der Waals surface area contributed by atoms with E-state index < -0.39 is 0 Å². The monoisotopic (exact) mass is 196 g/mol. The van der Waals surface area contributed by atoms with Gasteiger partial charge in [0.25, 0.3) is 0 Å². The molecule has 1 aliphatic rings. The third kappa shape index (κ3) is 1.76. The van der Waals surface area contributed by atoms with Gasteiger partial charge in [0.15, 0.2) is 0 Å². The van der Waals surface area contributed by atoms with Crippen molar-refractivity contribution in [2.24, 2.45) is 11.7 Å². The van der Waals surface area contributed by atoms with Crippen molar-refractivity contribution in [3.8, 4) is 0 Å². The first kappa shape index (κ1) is 9.16. The van der Waals surface area contributed by atoms with Gasteiger partial charge in [0.2, 0.25) is 0 Å². The Kier molecular flexibility index (Phi) is 1.96. The van der Waals surface area contributed by atoms with E-state index in [-0.39, 0.29) is 5.54 Å². The smallest absolute Gasteiger partial charge is 0.0962 e. The molecule has 1 heterocycles. The Bertz CT molecular complexity index is 311. The van der Waals surface area contributed by atoms with Gasteiger partial charge in [-0.05, 0) is 26.2 Å². The number of thiazole rings is 1. The zero-order valence-electron chi connectivity index (χ0n) is 8.37. The summed E-state index contributed by atoms with van der Waals surface area (Å²) < 4.78 is 0. The molecule has 3 heteroatoms. The molecule has 0 amide bonds. The summed E-state index contributed by atoms with van der Waals surface area (Å²) in [7, 11) is 0. The van der Waals surface area contributed by atoms with Crippen LogP contribution >= 0.6 is 11.3 Å². The molecule has 0 radical (unpaired) electrons. The SMILES string of the molecule is CC1CC1c1nc(C(C)(C)N)cs1. The fraction of sp³-hybridized carbons (Fsp3) is 0.700. The summed E-state index contributed by atoms with van der Waals surface area (Å²) in [6.45, 7) is 6.28. The fourth-order valence-corrected chi connectivity index (χ4v) is 2.66.